The predicted octanol–water partition coefficient (Wildman–Crippen LogP) is 4.32. The molecule has 156 valence electrons. The van der Waals surface area contributed by atoms with Gasteiger partial charge in [-0.2, -0.15) is 4.31 Å². The van der Waals surface area contributed by atoms with Crippen molar-refractivity contribution in [2.45, 2.75) is 4.90 Å². The molecule has 1 N–H and O–H groups in total. The Morgan fingerprint density at radius 3 is 2.57 bits per heavy atom. The number of sulfonamides is 1. The Balaban J connectivity index is 1.45. The summed E-state index contributed by atoms with van der Waals surface area (Å²) in [6, 6.07) is 9.53. The normalized spacial score (nSPS) is 18.2. The van der Waals surface area contributed by atoms with Crippen molar-refractivity contribution in [3.8, 4) is 22.6 Å². The van der Waals surface area contributed by atoms with Gasteiger partial charge >= 0.3 is 0 Å². The molecule has 5 rings (SSSR count). The second kappa shape index (κ2) is 7.13. The van der Waals surface area contributed by atoms with Gasteiger partial charge in [0, 0.05) is 29.6 Å². The van der Waals surface area contributed by atoms with E-state index in [1.165, 1.54) is 16.4 Å². The molecule has 2 saturated heterocycles. The molecular weight excluding hydrogens is 497 g/mol. The van der Waals surface area contributed by atoms with Crippen LogP contribution in [-0.2, 0) is 14.8 Å². The van der Waals surface area contributed by atoms with E-state index in [1.807, 2.05) is 0 Å². The zero-order valence-corrected chi connectivity index (χ0v) is 18.7. The molecule has 0 saturated carbocycles. The second-order valence-corrected chi connectivity index (χ2v) is 10.9. The van der Waals surface area contributed by atoms with Gasteiger partial charge in [-0.3, -0.25) is 0 Å². The fourth-order valence-corrected chi connectivity index (χ4v) is 6.12. The number of H-pyrrole nitrogens is 1. The molecule has 0 unspecified atom stereocenters. The second-order valence-electron chi connectivity index (χ2n) is 7.69. The van der Waals surface area contributed by atoms with Crippen LogP contribution in [0.2, 0.25) is 5.02 Å². The summed E-state index contributed by atoms with van der Waals surface area (Å²) >= 11 is 9.37. The number of aromatic nitrogens is 2. The fraction of sp³-hybridized carbons (Fsp3) is 0.250. The molecule has 2 aliphatic heterocycles. The van der Waals surface area contributed by atoms with Crippen LogP contribution in [0.25, 0.3) is 22.6 Å². The highest BCUT2D eigenvalue weighted by Crippen LogP contribution is 2.42. The quantitative estimate of drug-likeness (QED) is 0.565. The standard InChI is InChI=1S/C20H16BrClFN3O3S/c21-14-3-1-12(5-16(14)23)17-7-24-19(25-17)13-2-4-15(22)18(6-13)30(27,28)26-8-20(9-26)10-29-11-20/h1-7H,8-11H2,(H,24,25). The van der Waals surface area contributed by atoms with Crippen LogP contribution in [0.1, 0.15) is 0 Å². The Labute approximate surface area is 186 Å². The molecule has 3 aromatic rings. The van der Waals surface area contributed by atoms with Crippen molar-refractivity contribution in [1.29, 1.82) is 0 Å². The van der Waals surface area contributed by atoms with E-state index in [0.717, 1.165) is 0 Å². The molecule has 0 aliphatic carbocycles. The van der Waals surface area contributed by atoms with Crippen LogP contribution in [0.15, 0.2) is 52.0 Å². The van der Waals surface area contributed by atoms with E-state index >= 15 is 0 Å². The van der Waals surface area contributed by atoms with Gasteiger partial charge in [-0.1, -0.05) is 17.7 Å². The van der Waals surface area contributed by atoms with Crippen molar-refractivity contribution in [3.05, 3.63) is 57.9 Å². The molecule has 0 amide bonds. The number of benzene rings is 2. The van der Waals surface area contributed by atoms with Gasteiger partial charge in [0.25, 0.3) is 0 Å². The molecule has 6 nitrogen and oxygen atoms in total. The Morgan fingerprint density at radius 2 is 1.90 bits per heavy atom. The minimum Gasteiger partial charge on any atom is -0.380 e. The molecule has 10 heteroatoms. The molecule has 1 spiro atoms. The third kappa shape index (κ3) is 3.29. The lowest BCUT2D eigenvalue weighted by Gasteiger charge is -2.53. The van der Waals surface area contributed by atoms with Crippen molar-refractivity contribution in [3.63, 3.8) is 0 Å². The predicted molar refractivity (Wildman–Crippen MR) is 114 cm³/mol. The first-order valence-electron chi connectivity index (χ1n) is 9.16. The minimum absolute atomic E-state index is 0.0347. The number of imidazole rings is 1. The summed E-state index contributed by atoms with van der Waals surface area (Å²) in [6.07, 6.45) is 1.58. The number of nitrogens with one attached hydrogen (secondary N) is 1. The Hall–Kier alpha value is -1.78. The van der Waals surface area contributed by atoms with Crippen molar-refractivity contribution in [2.24, 2.45) is 5.41 Å². The van der Waals surface area contributed by atoms with E-state index < -0.39 is 10.0 Å². The smallest absolute Gasteiger partial charge is 0.244 e. The van der Waals surface area contributed by atoms with Crippen LogP contribution in [-0.4, -0.2) is 49.0 Å². The van der Waals surface area contributed by atoms with E-state index in [0.29, 0.717) is 53.4 Å². The SMILES string of the molecule is O=S(=O)(c1cc(-c2ncc(-c3ccc(Br)c(F)c3)[nH]2)ccc1Cl)N1CC2(COC2)C1. The zero-order chi connectivity index (χ0) is 21.1. The summed E-state index contributed by atoms with van der Waals surface area (Å²) in [7, 11) is -3.72. The number of nitrogens with zero attached hydrogens (tertiary/aromatic N) is 2. The third-order valence-electron chi connectivity index (χ3n) is 5.47. The first-order chi connectivity index (χ1) is 14.3. The van der Waals surface area contributed by atoms with Crippen LogP contribution in [0.4, 0.5) is 4.39 Å². The topological polar surface area (TPSA) is 75.3 Å². The van der Waals surface area contributed by atoms with E-state index in [9.17, 15) is 12.8 Å². The van der Waals surface area contributed by atoms with Crippen molar-refractivity contribution in [2.75, 3.05) is 26.3 Å². The Morgan fingerprint density at radius 1 is 1.17 bits per heavy atom. The number of ether oxygens (including phenoxy) is 1. The number of rotatable bonds is 4. The van der Waals surface area contributed by atoms with E-state index in [4.69, 9.17) is 16.3 Å². The highest BCUT2D eigenvalue weighted by Gasteiger charge is 2.53. The molecule has 0 bridgehead atoms. The van der Waals surface area contributed by atoms with Gasteiger partial charge in [0.05, 0.1) is 34.6 Å². The van der Waals surface area contributed by atoms with Gasteiger partial charge in [-0.15, -0.1) is 0 Å². The average molecular weight is 513 g/mol. The van der Waals surface area contributed by atoms with Gasteiger partial charge in [0.15, 0.2) is 0 Å². The molecular formula is C20H16BrClFN3O3S. The summed E-state index contributed by atoms with van der Waals surface area (Å²) in [6.45, 7) is 2.07. The summed E-state index contributed by atoms with van der Waals surface area (Å²) in [4.78, 5) is 7.50. The molecule has 2 aromatic carbocycles. The van der Waals surface area contributed by atoms with Crippen LogP contribution in [0, 0.1) is 11.2 Å². The van der Waals surface area contributed by atoms with Crippen molar-refractivity contribution in [1.82, 2.24) is 14.3 Å². The van der Waals surface area contributed by atoms with Crippen molar-refractivity contribution < 1.29 is 17.5 Å². The number of halogens is 3. The highest BCUT2D eigenvalue weighted by molar-refractivity contribution is 9.10. The summed E-state index contributed by atoms with van der Waals surface area (Å²) in [5.41, 5.74) is 1.78. The summed E-state index contributed by atoms with van der Waals surface area (Å²) in [5, 5.41) is 0.159. The van der Waals surface area contributed by atoms with E-state index in [-0.39, 0.29) is 21.2 Å². The lowest BCUT2D eigenvalue weighted by Crippen LogP contribution is -2.66. The van der Waals surface area contributed by atoms with Crippen LogP contribution in [0.3, 0.4) is 0 Å². The van der Waals surface area contributed by atoms with Gasteiger partial charge in [-0.05, 0) is 46.3 Å². The zero-order valence-electron chi connectivity index (χ0n) is 15.5. The highest BCUT2D eigenvalue weighted by atomic mass is 79.9. The molecule has 2 aliphatic rings. The van der Waals surface area contributed by atoms with Crippen LogP contribution < -0.4 is 0 Å². The maximum atomic E-state index is 13.8. The monoisotopic (exact) mass is 511 g/mol. The van der Waals surface area contributed by atoms with E-state index in [1.54, 1.807) is 30.5 Å². The number of hydrogen-bond donors (Lipinski definition) is 1. The maximum Gasteiger partial charge on any atom is 0.244 e. The maximum absolute atomic E-state index is 13.8. The molecule has 2 fully saturated rings. The number of aromatic amines is 1. The largest absolute Gasteiger partial charge is 0.380 e. The van der Waals surface area contributed by atoms with Crippen LogP contribution >= 0.6 is 27.5 Å². The van der Waals surface area contributed by atoms with Gasteiger partial charge in [-0.25, -0.2) is 17.8 Å². The van der Waals surface area contributed by atoms with Gasteiger partial charge in [0.1, 0.15) is 16.5 Å². The molecule has 1 aromatic heterocycles. The fourth-order valence-electron chi connectivity index (χ4n) is 3.71. The first kappa shape index (κ1) is 20.1. The molecule has 30 heavy (non-hydrogen) atoms. The Kier molecular flexibility index (Phi) is 4.79. The molecule has 0 atom stereocenters. The summed E-state index contributed by atoms with van der Waals surface area (Å²) in [5.74, 6) is 0.0848. The first-order valence-corrected chi connectivity index (χ1v) is 11.8. The lowest BCUT2D eigenvalue weighted by molar-refractivity contribution is -0.166. The summed E-state index contributed by atoms with van der Waals surface area (Å²) < 4.78 is 47.0. The van der Waals surface area contributed by atoms with Crippen molar-refractivity contribution >= 4 is 37.6 Å². The van der Waals surface area contributed by atoms with E-state index in [2.05, 4.69) is 25.9 Å². The van der Waals surface area contributed by atoms with Gasteiger partial charge < -0.3 is 9.72 Å². The number of hydrogen-bond acceptors (Lipinski definition) is 4. The molecule has 3 heterocycles. The Bertz CT molecular complexity index is 1250. The average Bonchev–Trinajstić information content (AvgIpc) is 3.12. The molecule has 0 radical (unpaired) electrons. The third-order valence-corrected chi connectivity index (χ3v) is 8.39. The van der Waals surface area contributed by atoms with Crippen LogP contribution in [0.5, 0.6) is 0 Å². The minimum atomic E-state index is -3.72. The van der Waals surface area contributed by atoms with Gasteiger partial charge in [0.2, 0.25) is 10.0 Å². The lowest BCUT2D eigenvalue weighted by atomic mass is 9.80.